The van der Waals surface area contributed by atoms with Gasteiger partial charge >= 0.3 is 0 Å². The topological polar surface area (TPSA) is 103 Å². The Hall–Kier alpha value is -3.19. The summed E-state index contributed by atoms with van der Waals surface area (Å²) in [6.45, 7) is 1.72. The molecule has 0 aliphatic heterocycles. The molecule has 7 nitrogen and oxygen atoms in total. The number of hydrogen-bond acceptors (Lipinski definition) is 4. The van der Waals surface area contributed by atoms with Gasteiger partial charge in [0.15, 0.2) is 0 Å². The Morgan fingerprint density at radius 3 is 2.38 bits per heavy atom. The van der Waals surface area contributed by atoms with E-state index in [1.54, 1.807) is 55.5 Å². The highest BCUT2D eigenvalue weighted by atomic mass is 35.5. The van der Waals surface area contributed by atoms with Crippen LogP contribution in [0.25, 0.3) is 5.69 Å². The third-order valence-corrected chi connectivity index (χ3v) is 3.99. The number of hydrogen-bond donors (Lipinski definition) is 2. The fraction of sp³-hybridized carbons (Fsp3) is 0.111. The largest absolute Gasteiger partial charge is 0.368 e. The summed E-state index contributed by atoms with van der Waals surface area (Å²) in [5.41, 5.74) is 6.72. The Labute approximate surface area is 154 Å². The maximum absolute atomic E-state index is 12.5. The van der Waals surface area contributed by atoms with Gasteiger partial charge in [-0.3, -0.25) is 9.59 Å². The number of nitrogens with one attached hydrogen (secondary N) is 1. The van der Waals surface area contributed by atoms with Gasteiger partial charge in [-0.2, -0.15) is 0 Å². The highest BCUT2D eigenvalue weighted by Crippen LogP contribution is 2.15. The van der Waals surface area contributed by atoms with E-state index in [-0.39, 0.29) is 5.82 Å². The Morgan fingerprint density at radius 2 is 1.77 bits per heavy atom. The van der Waals surface area contributed by atoms with Gasteiger partial charge in [-0.25, -0.2) is 9.67 Å². The number of carbonyl (C=O) groups excluding carboxylic acids is 2. The zero-order valence-corrected chi connectivity index (χ0v) is 14.6. The third-order valence-electron chi connectivity index (χ3n) is 3.74. The molecule has 0 radical (unpaired) electrons. The highest BCUT2D eigenvalue weighted by molar-refractivity contribution is 6.30. The summed E-state index contributed by atoms with van der Waals surface area (Å²) in [7, 11) is 0. The highest BCUT2D eigenvalue weighted by Gasteiger charge is 2.23. The van der Waals surface area contributed by atoms with Crippen LogP contribution in [0.5, 0.6) is 0 Å². The second-order valence-corrected chi connectivity index (χ2v) is 6.03. The van der Waals surface area contributed by atoms with Crippen molar-refractivity contribution in [2.75, 3.05) is 0 Å². The van der Waals surface area contributed by atoms with Crippen LogP contribution in [-0.2, 0) is 4.79 Å². The lowest BCUT2D eigenvalue weighted by Crippen LogP contribution is -2.38. The first-order valence-electron chi connectivity index (χ1n) is 7.80. The van der Waals surface area contributed by atoms with E-state index < -0.39 is 17.9 Å². The van der Waals surface area contributed by atoms with Gasteiger partial charge < -0.3 is 11.1 Å². The van der Waals surface area contributed by atoms with Gasteiger partial charge in [0.1, 0.15) is 11.9 Å². The molecule has 0 saturated heterocycles. The summed E-state index contributed by atoms with van der Waals surface area (Å²) >= 11 is 5.89. The maximum atomic E-state index is 12.5. The van der Waals surface area contributed by atoms with E-state index in [0.717, 1.165) is 0 Å². The summed E-state index contributed by atoms with van der Waals surface area (Å²) in [4.78, 5) is 28.4. The standard InChI is InChI=1S/C18H16ClN5O2/c1-11-21-17(23-24(11)14-9-7-13(19)8-10-14)18(26)22-15(16(20)25)12-5-3-2-4-6-12/h2-10,15H,1H3,(H2,20,25)(H,22,26)/t15-/m1/s1. The molecule has 132 valence electrons. The number of aromatic nitrogens is 3. The lowest BCUT2D eigenvalue weighted by Gasteiger charge is -2.14. The molecule has 1 atom stereocenters. The molecule has 0 unspecified atom stereocenters. The molecule has 2 aromatic carbocycles. The van der Waals surface area contributed by atoms with Gasteiger partial charge in [0.05, 0.1) is 5.69 Å². The second kappa shape index (κ2) is 7.37. The molecule has 0 aliphatic carbocycles. The van der Waals surface area contributed by atoms with Crippen LogP contribution in [0.3, 0.4) is 0 Å². The fourth-order valence-corrected chi connectivity index (χ4v) is 2.60. The Kier molecular flexibility index (Phi) is 4.99. The van der Waals surface area contributed by atoms with Crippen molar-refractivity contribution < 1.29 is 9.59 Å². The number of benzene rings is 2. The smallest absolute Gasteiger partial charge is 0.291 e. The fourth-order valence-electron chi connectivity index (χ4n) is 2.47. The number of carbonyl (C=O) groups is 2. The molecule has 0 fully saturated rings. The minimum absolute atomic E-state index is 0.0559. The van der Waals surface area contributed by atoms with Crippen molar-refractivity contribution in [1.82, 2.24) is 20.1 Å². The quantitative estimate of drug-likeness (QED) is 0.719. The molecule has 0 bridgehead atoms. The van der Waals surface area contributed by atoms with Gasteiger partial charge in [-0.1, -0.05) is 41.9 Å². The van der Waals surface area contributed by atoms with Crippen molar-refractivity contribution in [3.8, 4) is 5.69 Å². The summed E-state index contributed by atoms with van der Waals surface area (Å²) in [6.07, 6.45) is 0. The molecule has 2 amide bonds. The monoisotopic (exact) mass is 369 g/mol. The van der Waals surface area contributed by atoms with Crippen LogP contribution in [0, 0.1) is 6.92 Å². The number of rotatable bonds is 5. The summed E-state index contributed by atoms with van der Waals surface area (Å²) in [5, 5.41) is 7.39. The van der Waals surface area contributed by atoms with Crippen LogP contribution in [0.2, 0.25) is 5.02 Å². The number of primary amides is 1. The average Bonchev–Trinajstić information content (AvgIpc) is 3.02. The van der Waals surface area contributed by atoms with Crippen LogP contribution in [0.1, 0.15) is 28.0 Å². The lowest BCUT2D eigenvalue weighted by atomic mass is 10.1. The van der Waals surface area contributed by atoms with Crippen molar-refractivity contribution in [3.05, 3.63) is 76.8 Å². The third kappa shape index (κ3) is 3.73. The van der Waals surface area contributed by atoms with Crippen LogP contribution < -0.4 is 11.1 Å². The number of aryl methyl sites for hydroxylation is 1. The van der Waals surface area contributed by atoms with E-state index in [9.17, 15) is 9.59 Å². The first-order chi connectivity index (χ1) is 12.5. The van der Waals surface area contributed by atoms with E-state index in [1.165, 1.54) is 4.68 Å². The van der Waals surface area contributed by atoms with Gasteiger partial charge in [0.25, 0.3) is 5.91 Å². The minimum Gasteiger partial charge on any atom is -0.368 e. The van der Waals surface area contributed by atoms with Crippen molar-refractivity contribution >= 4 is 23.4 Å². The van der Waals surface area contributed by atoms with Gasteiger partial charge in [0.2, 0.25) is 11.7 Å². The van der Waals surface area contributed by atoms with E-state index in [0.29, 0.717) is 22.1 Å². The molecule has 1 heterocycles. The molecule has 3 aromatic rings. The van der Waals surface area contributed by atoms with E-state index in [1.807, 2.05) is 6.07 Å². The maximum Gasteiger partial charge on any atom is 0.291 e. The molecule has 26 heavy (non-hydrogen) atoms. The van der Waals surface area contributed by atoms with Crippen LogP contribution in [0.15, 0.2) is 54.6 Å². The van der Waals surface area contributed by atoms with Crippen LogP contribution >= 0.6 is 11.6 Å². The number of halogens is 1. The summed E-state index contributed by atoms with van der Waals surface area (Å²) in [5.74, 6) is -0.792. The van der Waals surface area contributed by atoms with Gasteiger partial charge in [-0.05, 0) is 36.8 Å². The van der Waals surface area contributed by atoms with E-state index >= 15 is 0 Å². The summed E-state index contributed by atoms with van der Waals surface area (Å²) in [6, 6.07) is 14.7. The normalized spacial score (nSPS) is 11.8. The first kappa shape index (κ1) is 17.6. The predicted molar refractivity (Wildman–Crippen MR) is 96.9 cm³/mol. The van der Waals surface area contributed by atoms with Crippen molar-refractivity contribution in [2.24, 2.45) is 5.73 Å². The molecule has 3 N–H and O–H groups in total. The van der Waals surface area contributed by atoms with E-state index in [4.69, 9.17) is 17.3 Å². The number of amides is 2. The Bertz CT molecular complexity index is 938. The molecular formula is C18H16ClN5O2. The SMILES string of the molecule is Cc1nc(C(=O)N[C@@H](C(N)=O)c2ccccc2)nn1-c1ccc(Cl)cc1. The minimum atomic E-state index is -0.966. The molecule has 0 saturated carbocycles. The lowest BCUT2D eigenvalue weighted by molar-refractivity contribution is -0.120. The van der Waals surface area contributed by atoms with Crippen molar-refractivity contribution in [2.45, 2.75) is 13.0 Å². The van der Waals surface area contributed by atoms with Crippen molar-refractivity contribution in [3.63, 3.8) is 0 Å². The zero-order chi connectivity index (χ0) is 18.7. The molecule has 0 spiro atoms. The van der Waals surface area contributed by atoms with E-state index in [2.05, 4.69) is 15.4 Å². The van der Waals surface area contributed by atoms with Gasteiger partial charge in [0, 0.05) is 5.02 Å². The number of nitrogens with zero attached hydrogens (tertiary/aromatic N) is 3. The first-order valence-corrected chi connectivity index (χ1v) is 8.18. The number of nitrogens with two attached hydrogens (primary N) is 1. The molecule has 1 aromatic heterocycles. The summed E-state index contributed by atoms with van der Waals surface area (Å²) < 4.78 is 1.52. The average molecular weight is 370 g/mol. The molecular weight excluding hydrogens is 354 g/mol. The Balaban J connectivity index is 1.85. The van der Waals surface area contributed by atoms with Crippen LogP contribution in [-0.4, -0.2) is 26.6 Å². The van der Waals surface area contributed by atoms with Crippen LogP contribution in [0.4, 0.5) is 0 Å². The molecule has 8 heteroatoms. The van der Waals surface area contributed by atoms with Crippen molar-refractivity contribution in [1.29, 1.82) is 0 Å². The molecule has 3 rings (SSSR count). The predicted octanol–water partition coefficient (Wildman–Crippen LogP) is 2.19. The van der Waals surface area contributed by atoms with Gasteiger partial charge in [-0.15, -0.1) is 5.10 Å². The molecule has 0 aliphatic rings. The zero-order valence-electron chi connectivity index (χ0n) is 13.9. The Morgan fingerprint density at radius 1 is 1.12 bits per heavy atom. The second-order valence-electron chi connectivity index (χ2n) is 5.59.